The second-order valence-electron chi connectivity index (χ2n) is 6.04. The number of hydrogen-bond donors (Lipinski definition) is 2. The Bertz CT molecular complexity index is 857. The summed E-state index contributed by atoms with van der Waals surface area (Å²) in [5.74, 6) is 0. The lowest BCUT2D eigenvalue weighted by Crippen LogP contribution is -2.23. The molecule has 0 saturated heterocycles. The average Bonchev–Trinajstić information content (AvgIpc) is 2.61. The number of hydrogen-bond acceptors (Lipinski definition) is 3. The largest absolute Gasteiger partial charge is 0.326 e. The van der Waals surface area contributed by atoms with Crippen molar-refractivity contribution in [2.75, 3.05) is 11.3 Å². The van der Waals surface area contributed by atoms with E-state index in [1.807, 2.05) is 0 Å². The molecule has 3 heteroatoms. The molecule has 1 aliphatic heterocycles. The van der Waals surface area contributed by atoms with E-state index in [0.717, 1.165) is 19.5 Å². The van der Waals surface area contributed by atoms with Crippen molar-refractivity contribution in [2.45, 2.75) is 24.8 Å². The molecule has 0 fully saturated rings. The van der Waals surface area contributed by atoms with Crippen LogP contribution >= 0.6 is 11.9 Å². The van der Waals surface area contributed by atoms with Crippen LogP contribution in [0.1, 0.15) is 16.7 Å². The number of fused-ring (bicyclic) bond motifs is 2. The van der Waals surface area contributed by atoms with E-state index in [9.17, 15) is 0 Å². The molecule has 4 rings (SSSR count). The number of nitrogens with one attached hydrogen (secondary N) is 2. The molecular weight excluding hydrogens is 300 g/mol. The van der Waals surface area contributed by atoms with Gasteiger partial charge in [-0.2, -0.15) is 0 Å². The molecule has 116 valence electrons. The van der Waals surface area contributed by atoms with Crippen LogP contribution in [-0.4, -0.2) is 6.54 Å². The number of anilines is 1. The zero-order valence-electron chi connectivity index (χ0n) is 13.2. The summed E-state index contributed by atoms with van der Waals surface area (Å²) < 4.78 is 3.51. The van der Waals surface area contributed by atoms with Gasteiger partial charge in [0, 0.05) is 17.1 Å². The third kappa shape index (κ3) is 2.94. The Hall–Kier alpha value is -1.97. The SMILES string of the molecule is Cc1ccc(SNc2ccc3c(c2)CNCC3)c2ccccc12. The Kier molecular flexibility index (Phi) is 3.98. The van der Waals surface area contributed by atoms with Crippen LogP contribution in [0.3, 0.4) is 0 Å². The summed E-state index contributed by atoms with van der Waals surface area (Å²) in [5, 5.41) is 6.08. The maximum atomic E-state index is 3.51. The summed E-state index contributed by atoms with van der Waals surface area (Å²) in [4.78, 5) is 1.27. The monoisotopic (exact) mass is 320 g/mol. The molecule has 0 aromatic heterocycles. The fourth-order valence-corrected chi connectivity index (χ4v) is 3.95. The molecule has 2 nitrogen and oxygen atoms in total. The summed E-state index contributed by atoms with van der Waals surface area (Å²) in [6.07, 6.45) is 1.13. The highest BCUT2D eigenvalue weighted by molar-refractivity contribution is 8.00. The van der Waals surface area contributed by atoms with Gasteiger partial charge in [0.05, 0.1) is 0 Å². The van der Waals surface area contributed by atoms with E-state index in [1.165, 1.54) is 38.0 Å². The number of benzene rings is 3. The minimum absolute atomic E-state index is 0.975. The third-order valence-corrected chi connectivity index (χ3v) is 5.39. The number of aryl methyl sites for hydroxylation is 1. The summed E-state index contributed by atoms with van der Waals surface area (Å²) in [7, 11) is 0. The first kappa shape index (κ1) is 14.6. The minimum Gasteiger partial charge on any atom is -0.326 e. The van der Waals surface area contributed by atoms with Gasteiger partial charge in [-0.25, -0.2) is 0 Å². The molecule has 1 aliphatic rings. The molecule has 1 heterocycles. The molecule has 0 unspecified atom stereocenters. The Labute approximate surface area is 141 Å². The maximum Gasteiger partial charge on any atom is 0.0446 e. The summed E-state index contributed by atoms with van der Waals surface area (Å²) in [6, 6.07) is 19.7. The standard InChI is InChI=1S/C20H20N2S/c1-14-6-9-20(19-5-3-2-4-18(14)19)23-22-17-8-7-15-10-11-21-13-16(15)12-17/h2-9,12,21-22H,10-11,13H2,1H3. The maximum absolute atomic E-state index is 3.51. The summed E-state index contributed by atoms with van der Waals surface area (Å²) in [5.41, 5.74) is 5.38. The van der Waals surface area contributed by atoms with Gasteiger partial charge in [0.15, 0.2) is 0 Å². The molecule has 23 heavy (non-hydrogen) atoms. The van der Waals surface area contributed by atoms with Crippen LogP contribution in [0.5, 0.6) is 0 Å². The van der Waals surface area contributed by atoms with Crippen molar-refractivity contribution in [3.63, 3.8) is 0 Å². The van der Waals surface area contributed by atoms with Crippen LogP contribution in [0.15, 0.2) is 59.5 Å². The van der Waals surface area contributed by atoms with Crippen molar-refractivity contribution in [3.8, 4) is 0 Å². The molecule has 0 spiro atoms. The quantitative estimate of drug-likeness (QED) is 0.670. The first-order chi connectivity index (χ1) is 11.3. The van der Waals surface area contributed by atoms with E-state index < -0.39 is 0 Å². The lowest BCUT2D eigenvalue weighted by molar-refractivity contribution is 0.644. The highest BCUT2D eigenvalue weighted by Gasteiger charge is 2.09. The van der Waals surface area contributed by atoms with E-state index in [0.29, 0.717) is 0 Å². The normalized spacial score (nSPS) is 13.8. The molecule has 3 aromatic carbocycles. The molecule has 3 aromatic rings. The van der Waals surface area contributed by atoms with Crippen molar-refractivity contribution in [2.24, 2.45) is 0 Å². The van der Waals surface area contributed by atoms with E-state index in [4.69, 9.17) is 0 Å². The lowest BCUT2D eigenvalue weighted by atomic mass is 10.0. The van der Waals surface area contributed by atoms with E-state index in [-0.39, 0.29) is 0 Å². The van der Waals surface area contributed by atoms with Crippen LogP contribution in [0, 0.1) is 6.92 Å². The van der Waals surface area contributed by atoms with Gasteiger partial charge in [0.2, 0.25) is 0 Å². The fraction of sp³-hybridized carbons (Fsp3) is 0.200. The predicted molar refractivity (Wildman–Crippen MR) is 100 cm³/mol. The van der Waals surface area contributed by atoms with Gasteiger partial charge in [-0.1, -0.05) is 36.4 Å². The van der Waals surface area contributed by atoms with Crippen LogP contribution in [0.4, 0.5) is 5.69 Å². The van der Waals surface area contributed by atoms with Crippen molar-refractivity contribution in [1.29, 1.82) is 0 Å². The minimum atomic E-state index is 0.975. The molecule has 0 aliphatic carbocycles. The Balaban J connectivity index is 1.59. The van der Waals surface area contributed by atoms with E-state index in [2.05, 4.69) is 71.6 Å². The zero-order chi connectivity index (χ0) is 15.6. The fourth-order valence-electron chi connectivity index (χ4n) is 3.17. The van der Waals surface area contributed by atoms with Crippen molar-refractivity contribution in [3.05, 3.63) is 71.3 Å². The van der Waals surface area contributed by atoms with Gasteiger partial charge in [0.1, 0.15) is 0 Å². The molecule has 0 saturated carbocycles. The highest BCUT2D eigenvalue weighted by Crippen LogP contribution is 2.31. The van der Waals surface area contributed by atoms with Gasteiger partial charge >= 0.3 is 0 Å². The van der Waals surface area contributed by atoms with Gasteiger partial charge in [-0.15, -0.1) is 0 Å². The lowest BCUT2D eigenvalue weighted by Gasteiger charge is -2.18. The van der Waals surface area contributed by atoms with Crippen molar-refractivity contribution >= 4 is 28.4 Å². The Morgan fingerprint density at radius 2 is 1.83 bits per heavy atom. The topological polar surface area (TPSA) is 24.1 Å². The molecular formula is C20H20N2S. The smallest absolute Gasteiger partial charge is 0.0446 e. The van der Waals surface area contributed by atoms with Crippen LogP contribution < -0.4 is 10.0 Å². The van der Waals surface area contributed by atoms with Gasteiger partial charge < -0.3 is 10.0 Å². The second kappa shape index (κ2) is 6.26. The molecule has 0 amide bonds. The van der Waals surface area contributed by atoms with Gasteiger partial charge in [-0.3, -0.25) is 0 Å². The van der Waals surface area contributed by atoms with Crippen LogP contribution in [0.2, 0.25) is 0 Å². The second-order valence-corrected chi connectivity index (χ2v) is 6.89. The zero-order valence-corrected chi connectivity index (χ0v) is 14.0. The first-order valence-corrected chi connectivity index (χ1v) is 8.87. The number of rotatable bonds is 3. The summed E-state index contributed by atoms with van der Waals surface area (Å²) in [6.45, 7) is 4.23. The van der Waals surface area contributed by atoms with Crippen molar-refractivity contribution < 1.29 is 0 Å². The molecule has 0 bridgehead atoms. The van der Waals surface area contributed by atoms with Crippen molar-refractivity contribution in [1.82, 2.24) is 5.32 Å². The first-order valence-electron chi connectivity index (χ1n) is 8.05. The summed E-state index contributed by atoms with van der Waals surface area (Å²) >= 11 is 1.69. The molecule has 0 radical (unpaired) electrons. The average molecular weight is 320 g/mol. The Morgan fingerprint density at radius 3 is 2.74 bits per heavy atom. The van der Waals surface area contributed by atoms with Gasteiger partial charge in [-0.05, 0) is 77.5 Å². The third-order valence-electron chi connectivity index (χ3n) is 4.47. The van der Waals surface area contributed by atoms with E-state index >= 15 is 0 Å². The van der Waals surface area contributed by atoms with Gasteiger partial charge in [0.25, 0.3) is 0 Å². The van der Waals surface area contributed by atoms with E-state index in [1.54, 1.807) is 11.9 Å². The van der Waals surface area contributed by atoms with Crippen LogP contribution in [0.25, 0.3) is 10.8 Å². The predicted octanol–water partition coefficient (Wildman–Crippen LogP) is 4.91. The Morgan fingerprint density at radius 1 is 0.957 bits per heavy atom. The molecule has 0 atom stereocenters. The van der Waals surface area contributed by atoms with Crippen LogP contribution in [-0.2, 0) is 13.0 Å². The molecule has 2 N–H and O–H groups in total. The highest BCUT2D eigenvalue weighted by atomic mass is 32.2.